The number of benzene rings is 1. The molecule has 1 aromatic heterocycles. The van der Waals surface area contributed by atoms with E-state index in [-0.39, 0.29) is 5.82 Å². The summed E-state index contributed by atoms with van der Waals surface area (Å²) in [6, 6.07) is 6.41. The Hall–Kier alpha value is -1.59. The summed E-state index contributed by atoms with van der Waals surface area (Å²) >= 11 is 1.57. The molecule has 0 fully saturated rings. The first-order valence-corrected chi connectivity index (χ1v) is 5.04. The third-order valence-electron chi connectivity index (χ3n) is 1.97. The molecule has 2 rings (SSSR count). The maximum Gasteiger partial charge on any atom is 0.123 e. The van der Waals surface area contributed by atoms with Gasteiger partial charge in [0, 0.05) is 11.1 Å². The van der Waals surface area contributed by atoms with Crippen molar-refractivity contribution in [2.45, 2.75) is 0 Å². The lowest BCUT2D eigenvalue weighted by molar-refractivity contribution is 0.628. The highest BCUT2D eigenvalue weighted by molar-refractivity contribution is 7.08. The maximum absolute atomic E-state index is 13.0. The average Bonchev–Trinajstić information content (AvgIpc) is 2.70. The third kappa shape index (κ3) is 1.55. The lowest BCUT2D eigenvalue weighted by atomic mass is 10.0. The molecular weight excluding hydrogens is 195 g/mol. The van der Waals surface area contributed by atoms with Crippen LogP contribution >= 0.6 is 11.3 Å². The molecule has 0 unspecified atom stereocenters. The van der Waals surface area contributed by atoms with E-state index in [2.05, 4.69) is 5.92 Å². The summed E-state index contributed by atoms with van der Waals surface area (Å²) in [6.45, 7) is 0. The van der Waals surface area contributed by atoms with Gasteiger partial charge in [0.25, 0.3) is 0 Å². The summed E-state index contributed by atoms with van der Waals surface area (Å²) in [5, 5.41) is 3.90. The van der Waals surface area contributed by atoms with Crippen molar-refractivity contribution in [1.82, 2.24) is 0 Å². The van der Waals surface area contributed by atoms with Crippen LogP contribution in [0.5, 0.6) is 0 Å². The fourth-order valence-electron chi connectivity index (χ4n) is 1.30. The fraction of sp³-hybridized carbons (Fsp3) is 0. The summed E-state index contributed by atoms with van der Waals surface area (Å²) in [5.74, 6) is 2.29. The smallest absolute Gasteiger partial charge is 0.123 e. The van der Waals surface area contributed by atoms with E-state index in [0.717, 1.165) is 16.7 Å². The van der Waals surface area contributed by atoms with Crippen molar-refractivity contribution in [1.29, 1.82) is 0 Å². The monoisotopic (exact) mass is 202 g/mol. The molecule has 0 radical (unpaired) electrons. The second-order valence-electron chi connectivity index (χ2n) is 2.85. The van der Waals surface area contributed by atoms with E-state index in [4.69, 9.17) is 6.42 Å². The van der Waals surface area contributed by atoms with Gasteiger partial charge in [-0.2, -0.15) is 11.3 Å². The van der Waals surface area contributed by atoms with Gasteiger partial charge >= 0.3 is 0 Å². The second kappa shape index (κ2) is 3.65. The van der Waals surface area contributed by atoms with E-state index in [1.165, 1.54) is 12.1 Å². The van der Waals surface area contributed by atoms with Gasteiger partial charge in [0.1, 0.15) is 5.82 Å². The van der Waals surface area contributed by atoms with E-state index in [1.54, 1.807) is 17.4 Å². The molecule has 0 saturated carbocycles. The summed E-state index contributed by atoms with van der Waals surface area (Å²) in [5.41, 5.74) is 2.49. The van der Waals surface area contributed by atoms with E-state index < -0.39 is 0 Å². The number of halogens is 1. The van der Waals surface area contributed by atoms with Gasteiger partial charge in [-0.1, -0.05) is 5.92 Å². The van der Waals surface area contributed by atoms with Crippen molar-refractivity contribution in [3.63, 3.8) is 0 Å². The highest BCUT2D eigenvalue weighted by Gasteiger charge is 2.04. The Kier molecular flexibility index (Phi) is 2.34. The molecule has 1 aromatic carbocycles. The Bertz CT molecular complexity index is 478. The van der Waals surface area contributed by atoms with Crippen molar-refractivity contribution >= 4 is 11.3 Å². The van der Waals surface area contributed by atoms with Crippen molar-refractivity contribution in [2.75, 3.05) is 0 Å². The van der Waals surface area contributed by atoms with Gasteiger partial charge in [0.2, 0.25) is 0 Å². The minimum atomic E-state index is -0.259. The van der Waals surface area contributed by atoms with Crippen LogP contribution in [-0.2, 0) is 0 Å². The molecule has 2 aromatic rings. The Morgan fingerprint density at radius 3 is 2.79 bits per heavy atom. The van der Waals surface area contributed by atoms with Crippen molar-refractivity contribution in [3.05, 3.63) is 46.4 Å². The molecule has 0 amide bonds. The van der Waals surface area contributed by atoms with E-state index >= 15 is 0 Å². The van der Waals surface area contributed by atoms with Crippen LogP contribution in [0.2, 0.25) is 0 Å². The van der Waals surface area contributed by atoms with Crippen LogP contribution in [-0.4, -0.2) is 0 Å². The second-order valence-corrected chi connectivity index (χ2v) is 3.63. The van der Waals surface area contributed by atoms with Crippen LogP contribution in [0.25, 0.3) is 11.1 Å². The van der Waals surface area contributed by atoms with Crippen molar-refractivity contribution in [2.24, 2.45) is 0 Å². The van der Waals surface area contributed by atoms with Crippen molar-refractivity contribution < 1.29 is 4.39 Å². The number of thiophene rings is 1. The largest absolute Gasteiger partial charge is 0.207 e. The minimum absolute atomic E-state index is 0.259. The Morgan fingerprint density at radius 1 is 1.29 bits per heavy atom. The van der Waals surface area contributed by atoms with Crippen LogP contribution in [0.15, 0.2) is 35.0 Å². The number of terminal acetylenes is 1. The SMILES string of the molecule is C#Cc1ccc(F)cc1-c1ccsc1. The molecule has 0 saturated heterocycles. The quantitative estimate of drug-likeness (QED) is 0.620. The lowest BCUT2D eigenvalue weighted by Gasteiger charge is -2.01. The van der Waals surface area contributed by atoms with Crippen molar-refractivity contribution in [3.8, 4) is 23.5 Å². The molecule has 0 aliphatic carbocycles. The summed E-state index contributed by atoms with van der Waals surface area (Å²) in [7, 11) is 0. The fourth-order valence-corrected chi connectivity index (χ4v) is 1.95. The van der Waals surface area contributed by atoms with E-state index in [0.29, 0.717) is 0 Å². The predicted octanol–water partition coefficient (Wildman–Crippen LogP) is 3.54. The Balaban J connectivity index is 2.63. The highest BCUT2D eigenvalue weighted by atomic mass is 32.1. The molecule has 1 heterocycles. The van der Waals surface area contributed by atoms with Gasteiger partial charge in [-0.3, -0.25) is 0 Å². The van der Waals surface area contributed by atoms with Gasteiger partial charge in [-0.05, 0) is 40.6 Å². The topological polar surface area (TPSA) is 0 Å². The van der Waals surface area contributed by atoms with Gasteiger partial charge in [0.15, 0.2) is 0 Å². The third-order valence-corrected chi connectivity index (χ3v) is 2.65. The molecule has 0 N–H and O–H groups in total. The molecule has 2 heteroatoms. The van der Waals surface area contributed by atoms with Crippen LogP contribution in [0.4, 0.5) is 4.39 Å². The zero-order chi connectivity index (χ0) is 9.97. The molecule has 0 nitrogen and oxygen atoms in total. The first-order chi connectivity index (χ1) is 6.81. The zero-order valence-electron chi connectivity index (χ0n) is 7.33. The molecular formula is C12H7FS. The van der Waals surface area contributed by atoms with Crippen LogP contribution in [0.3, 0.4) is 0 Å². The first-order valence-electron chi connectivity index (χ1n) is 4.10. The van der Waals surface area contributed by atoms with Crippen LogP contribution in [0, 0.1) is 18.2 Å². The highest BCUT2D eigenvalue weighted by Crippen LogP contribution is 2.26. The molecule has 0 bridgehead atoms. The summed E-state index contributed by atoms with van der Waals surface area (Å²) in [6.07, 6.45) is 5.34. The molecule has 0 spiro atoms. The number of hydrogen-bond acceptors (Lipinski definition) is 1. The standard InChI is InChI=1S/C12H7FS/c1-2-9-3-4-11(13)7-12(9)10-5-6-14-8-10/h1,3-8H. The summed E-state index contributed by atoms with van der Waals surface area (Å²) in [4.78, 5) is 0. The molecule has 68 valence electrons. The van der Waals surface area contributed by atoms with Crippen LogP contribution < -0.4 is 0 Å². The first kappa shape index (κ1) is 8.98. The van der Waals surface area contributed by atoms with Gasteiger partial charge in [-0.25, -0.2) is 4.39 Å². The molecule has 0 aliphatic heterocycles. The predicted molar refractivity (Wildman–Crippen MR) is 57.6 cm³/mol. The van der Waals surface area contributed by atoms with E-state index in [9.17, 15) is 4.39 Å². The number of hydrogen-bond donors (Lipinski definition) is 0. The Labute approximate surface area is 86.0 Å². The maximum atomic E-state index is 13.0. The molecule has 0 aliphatic rings. The lowest BCUT2D eigenvalue weighted by Crippen LogP contribution is -1.84. The van der Waals surface area contributed by atoms with E-state index in [1.807, 2.05) is 16.8 Å². The zero-order valence-corrected chi connectivity index (χ0v) is 8.14. The number of rotatable bonds is 1. The summed E-state index contributed by atoms with van der Waals surface area (Å²) < 4.78 is 13.0. The van der Waals surface area contributed by atoms with Gasteiger partial charge < -0.3 is 0 Å². The minimum Gasteiger partial charge on any atom is -0.207 e. The van der Waals surface area contributed by atoms with Crippen LogP contribution in [0.1, 0.15) is 5.56 Å². The Morgan fingerprint density at radius 2 is 2.14 bits per heavy atom. The molecule has 14 heavy (non-hydrogen) atoms. The van der Waals surface area contributed by atoms with Gasteiger partial charge in [0.05, 0.1) is 0 Å². The van der Waals surface area contributed by atoms with Gasteiger partial charge in [-0.15, -0.1) is 6.42 Å². The molecule has 0 atom stereocenters. The normalized spacial score (nSPS) is 9.71. The average molecular weight is 202 g/mol.